The summed E-state index contributed by atoms with van der Waals surface area (Å²) in [4.78, 5) is 33.4. The molecular weight excluding hydrogens is 320 g/mol. The molecular formula is C14H16N4O2S2. The molecule has 0 saturated heterocycles. The Morgan fingerprint density at radius 3 is 2.18 bits per heavy atom. The van der Waals surface area contributed by atoms with E-state index in [1.165, 1.54) is 22.7 Å². The van der Waals surface area contributed by atoms with Crippen LogP contribution >= 0.6 is 22.7 Å². The van der Waals surface area contributed by atoms with Crippen molar-refractivity contribution in [3.05, 3.63) is 33.2 Å². The van der Waals surface area contributed by atoms with E-state index in [4.69, 9.17) is 0 Å². The van der Waals surface area contributed by atoms with Gasteiger partial charge in [-0.1, -0.05) is 12.8 Å². The molecule has 1 aliphatic carbocycles. The van der Waals surface area contributed by atoms with E-state index in [1.54, 1.807) is 23.4 Å². The van der Waals surface area contributed by atoms with Gasteiger partial charge < -0.3 is 10.6 Å². The summed E-state index contributed by atoms with van der Waals surface area (Å²) in [5.74, 6) is -0.253. The number of nitrogens with one attached hydrogen (secondary N) is 2. The zero-order valence-corrected chi connectivity index (χ0v) is 13.5. The summed E-state index contributed by atoms with van der Waals surface area (Å²) in [6.07, 6.45) is 6.98. The highest BCUT2D eigenvalue weighted by Crippen LogP contribution is 2.29. The molecule has 1 fully saturated rings. The first-order chi connectivity index (χ1) is 10.7. The zero-order valence-electron chi connectivity index (χ0n) is 11.9. The molecule has 6 nitrogen and oxygen atoms in total. The summed E-state index contributed by atoms with van der Waals surface area (Å²) in [5, 5.41) is 6.02. The summed E-state index contributed by atoms with van der Waals surface area (Å²) in [7, 11) is 0. The monoisotopic (exact) mass is 336 g/mol. The van der Waals surface area contributed by atoms with Crippen LogP contribution in [0.2, 0.25) is 0 Å². The largest absolute Gasteiger partial charge is 0.349 e. The van der Waals surface area contributed by atoms with Crippen LogP contribution in [0.1, 0.15) is 45.0 Å². The van der Waals surface area contributed by atoms with Crippen molar-refractivity contribution in [3.8, 4) is 0 Å². The molecule has 8 heteroatoms. The smallest absolute Gasteiger partial charge is 0.263 e. The first kappa shape index (κ1) is 15.1. The highest BCUT2D eigenvalue weighted by atomic mass is 32.1. The molecule has 2 aromatic rings. The lowest BCUT2D eigenvalue weighted by Crippen LogP contribution is -2.53. The molecule has 2 N–H and O–H groups in total. The standard InChI is InChI=1S/C14H16N4O2S2/c19-12(10-5-15-8-21-10)17-7-14(3-1-2-4-14)18-13(20)11-6-16-9-22-11/h5-6,8-9H,1-4,7H2,(H,17,19)(H,18,20). The van der Waals surface area contributed by atoms with Crippen molar-refractivity contribution in [2.24, 2.45) is 0 Å². The van der Waals surface area contributed by atoms with E-state index in [2.05, 4.69) is 20.6 Å². The topological polar surface area (TPSA) is 84.0 Å². The summed E-state index contributed by atoms with van der Waals surface area (Å²) < 4.78 is 0. The first-order valence-corrected chi connectivity index (χ1v) is 8.82. The molecule has 22 heavy (non-hydrogen) atoms. The summed E-state index contributed by atoms with van der Waals surface area (Å²) in [6.45, 7) is 0.439. The Bertz CT molecular complexity index is 634. The quantitative estimate of drug-likeness (QED) is 0.875. The van der Waals surface area contributed by atoms with Crippen LogP contribution in [0.5, 0.6) is 0 Å². The molecule has 0 bridgehead atoms. The van der Waals surface area contributed by atoms with E-state index in [0.29, 0.717) is 16.3 Å². The minimum absolute atomic E-state index is 0.114. The molecule has 2 heterocycles. The van der Waals surface area contributed by atoms with E-state index in [-0.39, 0.29) is 17.4 Å². The molecule has 1 saturated carbocycles. The third-order valence-electron chi connectivity index (χ3n) is 3.84. The predicted molar refractivity (Wildman–Crippen MR) is 85.2 cm³/mol. The van der Waals surface area contributed by atoms with Gasteiger partial charge >= 0.3 is 0 Å². The molecule has 1 aliphatic rings. The maximum absolute atomic E-state index is 12.3. The number of thiazole rings is 2. The minimum Gasteiger partial charge on any atom is -0.349 e. The van der Waals surface area contributed by atoms with Crippen LogP contribution in [-0.2, 0) is 0 Å². The van der Waals surface area contributed by atoms with Gasteiger partial charge in [-0.25, -0.2) is 0 Å². The Balaban J connectivity index is 1.64. The van der Waals surface area contributed by atoms with Crippen molar-refractivity contribution in [1.82, 2.24) is 20.6 Å². The number of carbonyl (C=O) groups is 2. The van der Waals surface area contributed by atoms with Gasteiger partial charge in [-0.3, -0.25) is 19.6 Å². The van der Waals surface area contributed by atoms with Crippen molar-refractivity contribution < 1.29 is 9.59 Å². The first-order valence-electron chi connectivity index (χ1n) is 7.06. The van der Waals surface area contributed by atoms with Crippen LogP contribution in [0.3, 0.4) is 0 Å². The van der Waals surface area contributed by atoms with Crippen molar-refractivity contribution in [2.45, 2.75) is 31.2 Å². The van der Waals surface area contributed by atoms with Crippen molar-refractivity contribution in [2.75, 3.05) is 6.54 Å². The second-order valence-corrected chi connectivity index (χ2v) is 7.13. The highest BCUT2D eigenvalue weighted by molar-refractivity contribution is 7.12. The van der Waals surface area contributed by atoms with Crippen LogP contribution in [0, 0.1) is 0 Å². The zero-order chi connectivity index (χ0) is 15.4. The van der Waals surface area contributed by atoms with E-state index in [9.17, 15) is 9.59 Å². The number of rotatable bonds is 5. The third kappa shape index (κ3) is 3.33. The van der Waals surface area contributed by atoms with Crippen LogP contribution in [0.25, 0.3) is 0 Å². The maximum atomic E-state index is 12.3. The van der Waals surface area contributed by atoms with Gasteiger partial charge in [0.05, 0.1) is 29.0 Å². The normalized spacial score (nSPS) is 16.4. The Morgan fingerprint density at radius 2 is 1.64 bits per heavy atom. The number of hydrogen-bond donors (Lipinski definition) is 2. The molecule has 0 radical (unpaired) electrons. The van der Waals surface area contributed by atoms with Crippen molar-refractivity contribution in [3.63, 3.8) is 0 Å². The second kappa shape index (κ2) is 6.53. The number of amides is 2. The summed E-state index contributed by atoms with van der Waals surface area (Å²) in [5.41, 5.74) is 2.91. The predicted octanol–water partition coefficient (Wildman–Crippen LogP) is 2.07. The van der Waals surface area contributed by atoms with Gasteiger partial charge in [0, 0.05) is 6.54 Å². The molecule has 3 rings (SSSR count). The van der Waals surface area contributed by atoms with E-state index < -0.39 is 0 Å². The fourth-order valence-electron chi connectivity index (χ4n) is 2.69. The Labute approximate surface area is 136 Å². The Kier molecular flexibility index (Phi) is 4.49. The van der Waals surface area contributed by atoms with Crippen molar-refractivity contribution >= 4 is 34.5 Å². The maximum Gasteiger partial charge on any atom is 0.263 e. The molecule has 116 valence electrons. The van der Waals surface area contributed by atoms with E-state index >= 15 is 0 Å². The van der Waals surface area contributed by atoms with Crippen LogP contribution in [0.15, 0.2) is 23.4 Å². The molecule has 0 spiro atoms. The molecule has 2 aromatic heterocycles. The summed E-state index contributed by atoms with van der Waals surface area (Å²) in [6, 6.07) is 0. The lowest BCUT2D eigenvalue weighted by atomic mass is 9.97. The Hall–Kier alpha value is -1.80. The van der Waals surface area contributed by atoms with Crippen LogP contribution in [-0.4, -0.2) is 33.9 Å². The molecule has 2 amide bonds. The van der Waals surface area contributed by atoms with Gasteiger partial charge in [0.1, 0.15) is 9.75 Å². The van der Waals surface area contributed by atoms with Gasteiger partial charge in [0.2, 0.25) is 0 Å². The number of nitrogens with zero attached hydrogens (tertiary/aromatic N) is 2. The molecule has 0 aromatic carbocycles. The van der Waals surface area contributed by atoms with Gasteiger partial charge in [-0.05, 0) is 12.8 Å². The Morgan fingerprint density at radius 1 is 1.05 bits per heavy atom. The second-order valence-electron chi connectivity index (χ2n) is 5.36. The van der Waals surface area contributed by atoms with Crippen LogP contribution in [0.4, 0.5) is 0 Å². The fraction of sp³-hybridized carbons (Fsp3) is 0.429. The third-order valence-corrected chi connectivity index (χ3v) is 5.38. The molecule has 0 aliphatic heterocycles. The number of hydrogen-bond acceptors (Lipinski definition) is 6. The lowest BCUT2D eigenvalue weighted by Gasteiger charge is -2.30. The van der Waals surface area contributed by atoms with Gasteiger partial charge in [0.25, 0.3) is 11.8 Å². The lowest BCUT2D eigenvalue weighted by molar-refractivity contribution is 0.0871. The number of aromatic nitrogens is 2. The van der Waals surface area contributed by atoms with E-state index in [1.807, 2.05) is 0 Å². The van der Waals surface area contributed by atoms with E-state index in [0.717, 1.165) is 25.7 Å². The van der Waals surface area contributed by atoms with Gasteiger partial charge in [-0.2, -0.15) is 0 Å². The van der Waals surface area contributed by atoms with Gasteiger partial charge in [0.15, 0.2) is 0 Å². The molecule has 0 atom stereocenters. The fourth-order valence-corrected chi connectivity index (χ4v) is 3.74. The average molecular weight is 336 g/mol. The van der Waals surface area contributed by atoms with Crippen molar-refractivity contribution in [1.29, 1.82) is 0 Å². The van der Waals surface area contributed by atoms with Gasteiger partial charge in [-0.15, -0.1) is 22.7 Å². The minimum atomic E-state index is -0.360. The highest BCUT2D eigenvalue weighted by Gasteiger charge is 2.36. The molecule has 0 unspecified atom stereocenters. The van der Waals surface area contributed by atoms with Crippen LogP contribution < -0.4 is 10.6 Å². The number of carbonyl (C=O) groups excluding carboxylic acids is 2. The summed E-state index contributed by atoms with van der Waals surface area (Å²) >= 11 is 2.63. The SMILES string of the molecule is O=C(NCC1(NC(=O)c2cncs2)CCCC1)c1cncs1. The average Bonchev–Trinajstić information content (AvgIpc) is 3.25.